The molecule has 1 aromatic heterocycles. The first-order chi connectivity index (χ1) is 18.3. The van der Waals surface area contributed by atoms with Crippen molar-refractivity contribution in [2.75, 3.05) is 13.1 Å². The molecule has 0 aliphatic heterocycles. The normalized spacial score (nSPS) is 17.9. The van der Waals surface area contributed by atoms with E-state index in [1.807, 2.05) is 24.3 Å². The third kappa shape index (κ3) is 6.64. The SMILES string of the molecule is N#Cc1ccc(-c2cc(CC(N)CCCNC=O)sc2C2=C/C(=C/NCC3(O)CCC3)C(=N)C=C2)cc1F. The largest absolute Gasteiger partial charge is 0.388 e. The molecule has 7 nitrogen and oxygen atoms in total. The number of halogens is 1. The van der Waals surface area contributed by atoms with Crippen LogP contribution in [0.3, 0.4) is 0 Å². The maximum atomic E-state index is 14.5. The number of hydrogen-bond donors (Lipinski definition) is 5. The van der Waals surface area contributed by atoms with Gasteiger partial charge in [0.15, 0.2) is 0 Å². The Labute approximate surface area is 226 Å². The minimum Gasteiger partial charge on any atom is -0.388 e. The van der Waals surface area contributed by atoms with E-state index in [-0.39, 0.29) is 11.6 Å². The molecular weight excluding hydrogens is 501 g/mol. The van der Waals surface area contributed by atoms with Crippen molar-refractivity contribution < 1.29 is 14.3 Å². The van der Waals surface area contributed by atoms with Crippen LogP contribution in [0.1, 0.15) is 47.4 Å². The zero-order chi connectivity index (χ0) is 27.1. The summed E-state index contributed by atoms with van der Waals surface area (Å²) in [5.74, 6) is -0.572. The van der Waals surface area contributed by atoms with Crippen LogP contribution in [-0.4, -0.2) is 42.0 Å². The molecule has 9 heteroatoms. The molecular formula is C29H32FN5O2S. The molecule has 1 aromatic carbocycles. The number of carbonyl (C=O) groups excluding carboxylic acids is 1. The molecule has 2 aromatic rings. The minimum absolute atomic E-state index is 0.00801. The number of nitrogens with two attached hydrogens (primary N) is 1. The number of nitrogens with zero attached hydrogens (tertiary/aromatic N) is 1. The first-order valence-electron chi connectivity index (χ1n) is 12.7. The van der Waals surface area contributed by atoms with Gasteiger partial charge in [-0.25, -0.2) is 4.39 Å². The maximum Gasteiger partial charge on any atom is 0.207 e. The van der Waals surface area contributed by atoms with Crippen LogP contribution < -0.4 is 16.4 Å². The quantitative estimate of drug-likeness (QED) is 0.206. The first kappa shape index (κ1) is 27.5. The predicted octanol–water partition coefficient (Wildman–Crippen LogP) is 4.18. The Hall–Kier alpha value is -3.58. The molecule has 6 N–H and O–H groups in total. The lowest BCUT2D eigenvalue weighted by Crippen LogP contribution is -2.45. The molecule has 1 amide bonds. The minimum atomic E-state index is -0.673. The third-order valence-corrected chi connectivity index (χ3v) is 8.12. The summed E-state index contributed by atoms with van der Waals surface area (Å²) < 4.78 is 14.5. The Morgan fingerprint density at radius 2 is 2.11 bits per heavy atom. The summed E-state index contributed by atoms with van der Waals surface area (Å²) in [5, 5.41) is 33.7. The van der Waals surface area contributed by atoms with Crippen molar-refractivity contribution in [3.05, 3.63) is 75.4 Å². The van der Waals surface area contributed by atoms with Crippen molar-refractivity contribution in [3.8, 4) is 17.2 Å². The number of nitrogens with one attached hydrogen (secondary N) is 3. The molecule has 0 spiro atoms. The Morgan fingerprint density at radius 1 is 1.29 bits per heavy atom. The Bertz CT molecular complexity index is 1330. The van der Waals surface area contributed by atoms with E-state index >= 15 is 0 Å². The monoisotopic (exact) mass is 533 g/mol. The molecule has 38 heavy (non-hydrogen) atoms. The Kier molecular flexibility index (Phi) is 8.89. The summed E-state index contributed by atoms with van der Waals surface area (Å²) in [6, 6.07) is 8.40. The fourth-order valence-electron chi connectivity index (χ4n) is 4.57. The molecule has 2 aliphatic rings. The molecule has 0 bridgehead atoms. The van der Waals surface area contributed by atoms with Crippen LogP contribution in [0.15, 0.2) is 54.3 Å². The summed E-state index contributed by atoms with van der Waals surface area (Å²) in [4.78, 5) is 12.4. The summed E-state index contributed by atoms with van der Waals surface area (Å²) >= 11 is 1.58. The van der Waals surface area contributed by atoms with Gasteiger partial charge in [0.05, 0.1) is 16.9 Å². The molecule has 198 valence electrons. The fourth-order valence-corrected chi connectivity index (χ4v) is 5.83. The van der Waals surface area contributed by atoms with Gasteiger partial charge in [0.2, 0.25) is 6.41 Å². The number of rotatable bonds is 12. The van der Waals surface area contributed by atoms with Crippen molar-refractivity contribution >= 4 is 29.0 Å². The predicted molar refractivity (Wildman–Crippen MR) is 149 cm³/mol. The highest BCUT2D eigenvalue weighted by Gasteiger charge is 2.33. The van der Waals surface area contributed by atoms with E-state index in [0.29, 0.717) is 42.8 Å². The summed E-state index contributed by atoms with van der Waals surface area (Å²) in [5.41, 5.74) is 9.12. The van der Waals surface area contributed by atoms with Gasteiger partial charge in [-0.3, -0.25) is 4.79 Å². The fraction of sp³-hybridized carbons (Fsp3) is 0.345. The van der Waals surface area contributed by atoms with E-state index in [4.69, 9.17) is 16.4 Å². The number of allylic oxidation sites excluding steroid dienone is 5. The molecule has 1 saturated carbocycles. The Morgan fingerprint density at radius 3 is 2.79 bits per heavy atom. The molecule has 1 unspecified atom stereocenters. The second-order valence-corrected chi connectivity index (χ2v) is 11.0. The second kappa shape index (κ2) is 12.3. The summed E-state index contributed by atoms with van der Waals surface area (Å²) in [6.45, 7) is 1.02. The van der Waals surface area contributed by atoms with Crippen molar-refractivity contribution in [1.82, 2.24) is 10.6 Å². The number of thiophene rings is 1. The van der Waals surface area contributed by atoms with Gasteiger partial charge in [-0.05, 0) is 80.0 Å². The molecule has 1 heterocycles. The van der Waals surface area contributed by atoms with Gasteiger partial charge in [0.25, 0.3) is 0 Å². The van der Waals surface area contributed by atoms with Crippen molar-refractivity contribution in [2.45, 2.75) is 50.2 Å². The van der Waals surface area contributed by atoms with Gasteiger partial charge in [0.1, 0.15) is 11.9 Å². The van der Waals surface area contributed by atoms with Crippen LogP contribution in [0, 0.1) is 22.6 Å². The highest BCUT2D eigenvalue weighted by molar-refractivity contribution is 7.13. The van der Waals surface area contributed by atoms with E-state index in [2.05, 4.69) is 10.6 Å². The van der Waals surface area contributed by atoms with Gasteiger partial charge in [-0.2, -0.15) is 5.26 Å². The number of benzene rings is 1. The zero-order valence-corrected chi connectivity index (χ0v) is 21.9. The maximum absolute atomic E-state index is 14.5. The van der Waals surface area contributed by atoms with E-state index < -0.39 is 11.4 Å². The first-order valence-corrected chi connectivity index (χ1v) is 13.5. The van der Waals surface area contributed by atoms with E-state index in [1.54, 1.807) is 29.7 Å². The molecule has 4 rings (SSSR count). The van der Waals surface area contributed by atoms with E-state index in [9.17, 15) is 14.3 Å². The van der Waals surface area contributed by atoms with Crippen LogP contribution in [0.5, 0.6) is 0 Å². The van der Waals surface area contributed by atoms with Gasteiger partial charge in [-0.1, -0.05) is 12.1 Å². The van der Waals surface area contributed by atoms with Crippen LogP contribution in [0.4, 0.5) is 4.39 Å². The lowest BCUT2D eigenvalue weighted by atomic mass is 9.80. The molecule has 0 saturated heterocycles. The van der Waals surface area contributed by atoms with Crippen LogP contribution in [0.2, 0.25) is 0 Å². The number of aliphatic hydroxyl groups is 1. The number of hydrogen-bond acceptors (Lipinski definition) is 7. The van der Waals surface area contributed by atoms with Gasteiger partial charge in [-0.15, -0.1) is 11.3 Å². The standard InChI is InChI=1S/C29H32FN5O2S/c30-26-12-19(4-5-21(26)15-31)25-14-24(13-23(32)3-1-10-34-18-36)38-28(25)20-6-7-27(33)22(11-20)16-35-17-29(37)8-2-9-29/h4-7,11-12,14,16,18,23,33,35,37H,1-3,8-10,13,17,32H2,(H,34,36)/b22-16-,33-27?. The van der Waals surface area contributed by atoms with Gasteiger partial charge >= 0.3 is 0 Å². The molecule has 2 aliphatic carbocycles. The highest BCUT2D eigenvalue weighted by atomic mass is 32.1. The van der Waals surface area contributed by atoms with Crippen LogP contribution >= 0.6 is 11.3 Å². The summed E-state index contributed by atoms with van der Waals surface area (Å²) in [6.07, 6.45) is 12.7. The van der Waals surface area contributed by atoms with Gasteiger partial charge in [0, 0.05) is 46.2 Å². The lowest BCUT2D eigenvalue weighted by Gasteiger charge is -2.36. The summed E-state index contributed by atoms with van der Waals surface area (Å²) in [7, 11) is 0. The zero-order valence-electron chi connectivity index (χ0n) is 21.1. The molecule has 1 atom stereocenters. The number of carbonyl (C=O) groups is 1. The van der Waals surface area contributed by atoms with Crippen LogP contribution in [0.25, 0.3) is 16.7 Å². The van der Waals surface area contributed by atoms with Gasteiger partial charge < -0.3 is 26.9 Å². The molecule has 1 fully saturated rings. The van der Waals surface area contributed by atoms with E-state index in [1.165, 1.54) is 12.1 Å². The van der Waals surface area contributed by atoms with Crippen molar-refractivity contribution in [2.24, 2.45) is 5.73 Å². The lowest BCUT2D eigenvalue weighted by molar-refractivity contribution is -0.109. The number of nitriles is 1. The molecule has 0 radical (unpaired) electrons. The number of amides is 1. The smallest absolute Gasteiger partial charge is 0.207 e. The average Bonchev–Trinajstić information content (AvgIpc) is 3.30. The third-order valence-electron chi connectivity index (χ3n) is 6.91. The second-order valence-electron chi connectivity index (χ2n) is 9.85. The van der Waals surface area contributed by atoms with Crippen molar-refractivity contribution in [3.63, 3.8) is 0 Å². The highest BCUT2D eigenvalue weighted by Crippen LogP contribution is 2.39. The van der Waals surface area contributed by atoms with E-state index in [0.717, 1.165) is 53.0 Å². The van der Waals surface area contributed by atoms with Crippen molar-refractivity contribution in [1.29, 1.82) is 10.7 Å². The topological polar surface area (TPSA) is 135 Å². The van der Waals surface area contributed by atoms with Crippen LogP contribution in [-0.2, 0) is 11.2 Å². The Balaban J connectivity index is 1.62. The average molecular weight is 534 g/mol.